The first-order valence-electron chi connectivity index (χ1n) is 5.77. The van der Waals surface area contributed by atoms with Crippen molar-refractivity contribution in [2.24, 2.45) is 0 Å². The molecule has 1 aliphatic heterocycles. The Bertz CT molecular complexity index is 173. The molecule has 0 unspecified atom stereocenters. The first-order valence-corrected chi connectivity index (χ1v) is 5.77. The van der Waals surface area contributed by atoms with E-state index in [4.69, 9.17) is 14.6 Å². The largest absolute Gasteiger partial charge is 0.394 e. The molecule has 2 aliphatic rings. The van der Waals surface area contributed by atoms with E-state index >= 15 is 0 Å². The van der Waals surface area contributed by atoms with Crippen molar-refractivity contribution >= 4 is 0 Å². The summed E-state index contributed by atoms with van der Waals surface area (Å²) in [5.41, 5.74) is 0. The van der Waals surface area contributed by atoms with Crippen molar-refractivity contribution in [1.29, 1.82) is 0 Å². The summed E-state index contributed by atoms with van der Waals surface area (Å²) >= 11 is 0. The molecule has 0 bridgehead atoms. The van der Waals surface area contributed by atoms with Crippen LogP contribution in [0.15, 0.2) is 0 Å². The Kier molecular flexibility index (Phi) is 3.42. The molecular weight excluding hydrogens is 180 g/mol. The molecule has 14 heavy (non-hydrogen) atoms. The average Bonchev–Trinajstić information content (AvgIpc) is 2.57. The third-order valence-corrected chi connectivity index (χ3v) is 3.23. The van der Waals surface area contributed by atoms with Crippen LogP contribution < -0.4 is 0 Å². The minimum Gasteiger partial charge on any atom is -0.394 e. The molecule has 0 aromatic rings. The molecule has 1 heterocycles. The van der Waals surface area contributed by atoms with Gasteiger partial charge in [-0.25, -0.2) is 0 Å². The Labute approximate surface area is 85.4 Å². The molecule has 2 fully saturated rings. The summed E-state index contributed by atoms with van der Waals surface area (Å²) in [7, 11) is 0. The van der Waals surface area contributed by atoms with Crippen LogP contribution in [0.2, 0.25) is 0 Å². The Morgan fingerprint density at radius 3 is 2.29 bits per heavy atom. The molecule has 1 saturated heterocycles. The molecule has 0 radical (unpaired) electrons. The van der Waals surface area contributed by atoms with Crippen molar-refractivity contribution in [1.82, 2.24) is 0 Å². The van der Waals surface area contributed by atoms with Crippen LogP contribution >= 0.6 is 0 Å². The third-order valence-electron chi connectivity index (χ3n) is 3.23. The zero-order valence-corrected chi connectivity index (χ0v) is 8.71. The second-order valence-electron chi connectivity index (χ2n) is 4.41. The number of hydrogen-bond donors (Lipinski definition) is 1. The number of rotatable bonds is 1. The number of aliphatic hydroxyl groups is 1. The van der Waals surface area contributed by atoms with E-state index in [1.807, 2.05) is 0 Å². The van der Waals surface area contributed by atoms with Crippen LogP contribution in [0.5, 0.6) is 0 Å². The fraction of sp³-hybridized carbons (Fsp3) is 1.00. The minimum atomic E-state index is -0.339. The van der Waals surface area contributed by atoms with Crippen LogP contribution in [0.1, 0.15) is 44.9 Å². The lowest BCUT2D eigenvalue weighted by Crippen LogP contribution is -2.32. The third kappa shape index (κ3) is 2.27. The molecule has 1 atom stereocenters. The van der Waals surface area contributed by atoms with Crippen molar-refractivity contribution in [2.45, 2.75) is 56.8 Å². The van der Waals surface area contributed by atoms with E-state index in [2.05, 4.69) is 0 Å². The summed E-state index contributed by atoms with van der Waals surface area (Å²) in [4.78, 5) is 0. The molecule has 1 N–H and O–H groups in total. The van der Waals surface area contributed by atoms with Gasteiger partial charge >= 0.3 is 0 Å². The molecule has 0 aromatic heterocycles. The quantitative estimate of drug-likeness (QED) is 0.702. The van der Waals surface area contributed by atoms with Crippen LogP contribution in [0, 0.1) is 0 Å². The van der Waals surface area contributed by atoms with Gasteiger partial charge in [0.2, 0.25) is 0 Å². The van der Waals surface area contributed by atoms with Crippen molar-refractivity contribution in [2.75, 3.05) is 13.2 Å². The summed E-state index contributed by atoms with van der Waals surface area (Å²) in [5, 5.41) is 9.00. The zero-order valence-electron chi connectivity index (χ0n) is 8.71. The SMILES string of the molecule is OC[C@@H]1COC2(CCCCCCC2)O1. The van der Waals surface area contributed by atoms with Gasteiger partial charge in [-0.3, -0.25) is 0 Å². The molecule has 1 saturated carbocycles. The van der Waals surface area contributed by atoms with E-state index < -0.39 is 0 Å². The Balaban J connectivity index is 1.92. The lowest BCUT2D eigenvalue weighted by molar-refractivity contribution is -0.183. The van der Waals surface area contributed by atoms with E-state index in [1.165, 1.54) is 32.1 Å². The summed E-state index contributed by atoms with van der Waals surface area (Å²) in [6.45, 7) is 0.651. The summed E-state index contributed by atoms with van der Waals surface area (Å²) in [5.74, 6) is -0.339. The number of ether oxygens (including phenoxy) is 2. The fourth-order valence-electron chi connectivity index (χ4n) is 2.41. The van der Waals surface area contributed by atoms with Gasteiger partial charge in [0.15, 0.2) is 5.79 Å². The smallest absolute Gasteiger partial charge is 0.169 e. The van der Waals surface area contributed by atoms with Crippen molar-refractivity contribution in [3.63, 3.8) is 0 Å². The van der Waals surface area contributed by atoms with Crippen LogP contribution in [0.25, 0.3) is 0 Å². The van der Waals surface area contributed by atoms with Gasteiger partial charge in [0.05, 0.1) is 13.2 Å². The predicted octanol–water partition coefficient (Wildman–Crippen LogP) is 1.83. The van der Waals surface area contributed by atoms with E-state index in [0.29, 0.717) is 6.61 Å². The van der Waals surface area contributed by atoms with Crippen molar-refractivity contribution in [3.8, 4) is 0 Å². The first kappa shape index (κ1) is 10.4. The second-order valence-corrected chi connectivity index (χ2v) is 4.41. The summed E-state index contributed by atoms with van der Waals surface area (Å²) in [6.07, 6.45) is 8.23. The minimum absolute atomic E-state index is 0.0851. The molecule has 3 nitrogen and oxygen atoms in total. The van der Waals surface area contributed by atoms with E-state index in [-0.39, 0.29) is 18.5 Å². The van der Waals surface area contributed by atoms with Gasteiger partial charge in [0.1, 0.15) is 6.10 Å². The van der Waals surface area contributed by atoms with Crippen LogP contribution in [-0.2, 0) is 9.47 Å². The van der Waals surface area contributed by atoms with Crippen molar-refractivity contribution < 1.29 is 14.6 Å². The topological polar surface area (TPSA) is 38.7 Å². The maximum atomic E-state index is 9.00. The van der Waals surface area contributed by atoms with Crippen LogP contribution in [0.3, 0.4) is 0 Å². The zero-order chi connectivity index (χ0) is 9.86. The van der Waals surface area contributed by atoms with Crippen LogP contribution in [0.4, 0.5) is 0 Å². The predicted molar refractivity (Wildman–Crippen MR) is 53.0 cm³/mol. The van der Waals surface area contributed by atoms with Crippen LogP contribution in [-0.4, -0.2) is 30.2 Å². The molecule has 1 aliphatic carbocycles. The first-order chi connectivity index (χ1) is 6.85. The maximum absolute atomic E-state index is 9.00. The highest BCUT2D eigenvalue weighted by atomic mass is 16.7. The second kappa shape index (κ2) is 4.60. The molecule has 2 rings (SSSR count). The highest BCUT2D eigenvalue weighted by Gasteiger charge is 2.40. The molecule has 82 valence electrons. The fourth-order valence-corrected chi connectivity index (χ4v) is 2.41. The molecule has 0 aromatic carbocycles. The highest BCUT2D eigenvalue weighted by Crippen LogP contribution is 2.35. The van der Waals surface area contributed by atoms with Gasteiger partial charge < -0.3 is 14.6 Å². The maximum Gasteiger partial charge on any atom is 0.169 e. The lowest BCUT2D eigenvalue weighted by Gasteiger charge is -2.29. The lowest BCUT2D eigenvalue weighted by atomic mass is 9.96. The van der Waals surface area contributed by atoms with Gasteiger partial charge in [-0.1, -0.05) is 19.3 Å². The summed E-state index contributed by atoms with van der Waals surface area (Å²) in [6, 6.07) is 0. The molecular formula is C11H20O3. The Morgan fingerprint density at radius 1 is 1.07 bits per heavy atom. The molecule has 3 heteroatoms. The van der Waals surface area contributed by atoms with Gasteiger partial charge in [0.25, 0.3) is 0 Å². The van der Waals surface area contributed by atoms with Gasteiger partial charge in [-0.05, 0) is 12.8 Å². The van der Waals surface area contributed by atoms with Gasteiger partial charge in [-0.2, -0.15) is 0 Å². The van der Waals surface area contributed by atoms with Crippen molar-refractivity contribution in [3.05, 3.63) is 0 Å². The van der Waals surface area contributed by atoms with Gasteiger partial charge in [0, 0.05) is 12.8 Å². The summed E-state index contributed by atoms with van der Waals surface area (Å²) < 4.78 is 11.5. The monoisotopic (exact) mass is 200 g/mol. The average molecular weight is 200 g/mol. The van der Waals surface area contributed by atoms with E-state index in [1.54, 1.807) is 0 Å². The van der Waals surface area contributed by atoms with E-state index in [9.17, 15) is 0 Å². The number of aliphatic hydroxyl groups excluding tert-OH is 1. The standard InChI is InChI=1S/C11H20O3/c12-8-10-9-13-11(14-10)6-4-2-1-3-5-7-11/h10,12H,1-9H2/t10-/m1/s1. The Morgan fingerprint density at radius 2 is 1.71 bits per heavy atom. The highest BCUT2D eigenvalue weighted by molar-refractivity contribution is 4.80. The van der Waals surface area contributed by atoms with Gasteiger partial charge in [-0.15, -0.1) is 0 Å². The number of hydrogen-bond acceptors (Lipinski definition) is 3. The Hall–Kier alpha value is -0.120. The molecule has 0 amide bonds. The van der Waals surface area contributed by atoms with E-state index in [0.717, 1.165) is 12.8 Å². The molecule has 1 spiro atoms. The normalized spacial score (nSPS) is 32.8.